The molecule has 130 valence electrons. The maximum absolute atomic E-state index is 12.6. The lowest BCUT2D eigenvalue weighted by Gasteiger charge is -2.32. The van der Waals surface area contributed by atoms with Crippen LogP contribution in [0.25, 0.3) is 0 Å². The molecule has 7 nitrogen and oxygen atoms in total. The van der Waals surface area contributed by atoms with Gasteiger partial charge < -0.3 is 14.2 Å². The molecule has 1 aliphatic rings. The van der Waals surface area contributed by atoms with Crippen molar-refractivity contribution in [2.75, 3.05) is 19.7 Å². The van der Waals surface area contributed by atoms with Crippen LogP contribution in [0.15, 0.2) is 24.5 Å². The van der Waals surface area contributed by atoms with Gasteiger partial charge >= 0.3 is 0 Å². The summed E-state index contributed by atoms with van der Waals surface area (Å²) in [6, 6.07) is 4.09. The van der Waals surface area contributed by atoms with E-state index in [1.54, 1.807) is 0 Å². The fraction of sp³-hybridized carbons (Fsp3) is 0.588. The molecule has 0 radical (unpaired) electrons. The van der Waals surface area contributed by atoms with E-state index in [0.717, 1.165) is 5.82 Å². The van der Waals surface area contributed by atoms with Crippen LogP contribution in [0.3, 0.4) is 0 Å². The Balaban J connectivity index is 1.61. The van der Waals surface area contributed by atoms with E-state index in [0.29, 0.717) is 31.9 Å². The maximum atomic E-state index is 12.6. The van der Waals surface area contributed by atoms with Crippen molar-refractivity contribution in [2.24, 2.45) is 0 Å². The van der Waals surface area contributed by atoms with Crippen LogP contribution in [0.5, 0.6) is 0 Å². The minimum Gasteiger partial charge on any atom is -0.367 e. The molecule has 24 heavy (non-hydrogen) atoms. The first-order chi connectivity index (χ1) is 11.5. The molecule has 3 rings (SSSR count). The van der Waals surface area contributed by atoms with E-state index in [1.807, 2.05) is 43.3 Å². The number of nitrogens with one attached hydrogen (secondary N) is 1. The predicted molar refractivity (Wildman–Crippen MR) is 89.5 cm³/mol. The summed E-state index contributed by atoms with van der Waals surface area (Å²) >= 11 is 0. The number of H-pyrrole nitrogens is 1. The lowest BCUT2D eigenvalue weighted by molar-refractivity contribution is -0.140. The third-order valence-corrected chi connectivity index (χ3v) is 4.37. The average Bonchev–Trinajstić information content (AvgIpc) is 3.26. The number of ether oxygens (including phenoxy) is 1. The molecular formula is C17H25N5O2. The number of aromatic nitrogens is 4. The van der Waals surface area contributed by atoms with Crippen LogP contribution in [0.2, 0.25) is 0 Å². The summed E-state index contributed by atoms with van der Waals surface area (Å²) in [7, 11) is 0. The molecule has 0 aliphatic carbocycles. The van der Waals surface area contributed by atoms with Gasteiger partial charge in [0, 0.05) is 37.3 Å². The molecule has 1 aliphatic heterocycles. The van der Waals surface area contributed by atoms with Gasteiger partial charge in [-0.2, -0.15) is 5.10 Å². The number of carbonyl (C=O) groups is 1. The summed E-state index contributed by atoms with van der Waals surface area (Å²) in [6.45, 7) is 7.82. The summed E-state index contributed by atoms with van der Waals surface area (Å²) in [5.41, 5.74) is 0. The lowest BCUT2D eigenvalue weighted by atomic mass is 10.2. The van der Waals surface area contributed by atoms with E-state index in [1.165, 1.54) is 0 Å². The summed E-state index contributed by atoms with van der Waals surface area (Å²) in [6.07, 6.45) is 4.23. The molecule has 0 unspecified atom stereocenters. The highest BCUT2D eigenvalue weighted by Gasteiger charge is 2.28. The second-order valence-corrected chi connectivity index (χ2v) is 6.62. The zero-order chi connectivity index (χ0) is 17.1. The molecular weight excluding hydrogens is 306 g/mol. The number of morpholine rings is 1. The van der Waals surface area contributed by atoms with E-state index in [2.05, 4.69) is 26.7 Å². The first kappa shape index (κ1) is 16.7. The fourth-order valence-corrected chi connectivity index (χ4v) is 2.86. The second kappa shape index (κ2) is 7.17. The van der Waals surface area contributed by atoms with Gasteiger partial charge in [-0.3, -0.25) is 9.89 Å². The molecule has 7 heteroatoms. The summed E-state index contributed by atoms with van der Waals surface area (Å²) in [5.74, 6) is 1.89. The van der Waals surface area contributed by atoms with Crippen molar-refractivity contribution in [2.45, 2.75) is 45.3 Å². The number of carbonyl (C=O) groups excluding carboxylic acids is 1. The Kier molecular flexibility index (Phi) is 4.99. The van der Waals surface area contributed by atoms with Gasteiger partial charge in [-0.05, 0) is 19.1 Å². The number of hydrogen-bond donors (Lipinski definition) is 1. The molecule has 3 heterocycles. The topological polar surface area (TPSA) is 76.0 Å². The molecule has 0 aromatic carbocycles. The van der Waals surface area contributed by atoms with Gasteiger partial charge in [0.15, 0.2) is 11.6 Å². The summed E-state index contributed by atoms with van der Waals surface area (Å²) < 4.78 is 7.84. The minimum atomic E-state index is -0.232. The van der Waals surface area contributed by atoms with E-state index in [-0.39, 0.29) is 24.0 Å². The first-order valence-corrected chi connectivity index (χ1v) is 8.48. The van der Waals surface area contributed by atoms with Gasteiger partial charge in [0.25, 0.3) is 0 Å². The highest BCUT2D eigenvalue weighted by Crippen LogP contribution is 2.22. The van der Waals surface area contributed by atoms with Crippen molar-refractivity contribution in [3.8, 4) is 0 Å². The molecule has 0 spiro atoms. The highest BCUT2D eigenvalue weighted by atomic mass is 16.5. The molecule has 0 saturated carbocycles. The molecule has 2 aromatic heterocycles. The van der Waals surface area contributed by atoms with Crippen molar-refractivity contribution < 1.29 is 9.53 Å². The molecule has 2 aromatic rings. The van der Waals surface area contributed by atoms with Crippen molar-refractivity contribution in [1.82, 2.24) is 24.6 Å². The summed E-state index contributed by atoms with van der Waals surface area (Å²) in [4.78, 5) is 19.0. The Labute approximate surface area is 142 Å². The van der Waals surface area contributed by atoms with Gasteiger partial charge in [-0.15, -0.1) is 0 Å². The summed E-state index contributed by atoms with van der Waals surface area (Å²) in [5, 5.41) is 7.17. The van der Waals surface area contributed by atoms with Gasteiger partial charge in [-0.1, -0.05) is 13.8 Å². The molecule has 1 N–H and O–H groups in total. The minimum absolute atomic E-state index is 0.145. The quantitative estimate of drug-likeness (QED) is 0.912. The van der Waals surface area contributed by atoms with Crippen LogP contribution in [0.4, 0.5) is 0 Å². The van der Waals surface area contributed by atoms with E-state index in [9.17, 15) is 4.79 Å². The number of hydrogen-bond acceptors (Lipinski definition) is 4. The fourth-order valence-electron chi connectivity index (χ4n) is 2.86. The number of rotatable bonds is 5. The SMILES string of the molecule is CC(C)c1n[nH]c([C@H]2CN(C(=O)C[C@@H](C)n3cccc3)CCO2)n1. The number of aromatic amines is 1. The molecule has 1 fully saturated rings. The number of nitrogens with zero attached hydrogens (tertiary/aromatic N) is 4. The third-order valence-electron chi connectivity index (χ3n) is 4.37. The van der Waals surface area contributed by atoms with Crippen LogP contribution >= 0.6 is 0 Å². The van der Waals surface area contributed by atoms with E-state index < -0.39 is 0 Å². The Bertz CT molecular complexity index is 664. The molecule has 1 amide bonds. The smallest absolute Gasteiger partial charge is 0.224 e. The Morgan fingerprint density at radius 2 is 2.12 bits per heavy atom. The van der Waals surface area contributed by atoms with Crippen LogP contribution in [0, 0.1) is 0 Å². The first-order valence-electron chi connectivity index (χ1n) is 8.48. The third kappa shape index (κ3) is 3.67. The van der Waals surface area contributed by atoms with E-state index >= 15 is 0 Å². The van der Waals surface area contributed by atoms with Gasteiger partial charge in [-0.25, -0.2) is 4.98 Å². The van der Waals surface area contributed by atoms with Crippen LogP contribution in [0.1, 0.15) is 56.9 Å². The zero-order valence-corrected chi connectivity index (χ0v) is 14.5. The van der Waals surface area contributed by atoms with Crippen molar-refractivity contribution in [3.05, 3.63) is 36.2 Å². The van der Waals surface area contributed by atoms with Gasteiger partial charge in [0.05, 0.1) is 13.2 Å². The lowest BCUT2D eigenvalue weighted by Crippen LogP contribution is -2.43. The monoisotopic (exact) mass is 331 g/mol. The standard InChI is InChI=1S/C17H25N5O2/c1-12(2)16-18-17(20-19-16)14-11-22(8-9-24-14)15(23)10-13(3)21-6-4-5-7-21/h4-7,12-14H,8-11H2,1-3H3,(H,18,19,20)/t13-,14-/m1/s1. The largest absolute Gasteiger partial charge is 0.367 e. The Morgan fingerprint density at radius 1 is 1.38 bits per heavy atom. The average molecular weight is 331 g/mol. The highest BCUT2D eigenvalue weighted by molar-refractivity contribution is 5.76. The maximum Gasteiger partial charge on any atom is 0.224 e. The Morgan fingerprint density at radius 3 is 2.79 bits per heavy atom. The van der Waals surface area contributed by atoms with Crippen molar-refractivity contribution >= 4 is 5.91 Å². The van der Waals surface area contributed by atoms with Crippen LogP contribution < -0.4 is 0 Å². The zero-order valence-electron chi connectivity index (χ0n) is 14.5. The normalized spacial score (nSPS) is 19.7. The van der Waals surface area contributed by atoms with Crippen molar-refractivity contribution in [1.29, 1.82) is 0 Å². The van der Waals surface area contributed by atoms with Crippen LogP contribution in [-0.2, 0) is 9.53 Å². The number of amides is 1. The second-order valence-electron chi connectivity index (χ2n) is 6.62. The predicted octanol–water partition coefficient (Wildman–Crippen LogP) is 2.28. The Hall–Kier alpha value is -2.15. The van der Waals surface area contributed by atoms with Crippen molar-refractivity contribution in [3.63, 3.8) is 0 Å². The molecule has 2 atom stereocenters. The van der Waals surface area contributed by atoms with Gasteiger partial charge in [0.2, 0.25) is 5.91 Å². The molecule has 0 bridgehead atoms. The molecule has 1 saturated heterocycles. The van der Waals surface area contributed by atoms with Crippen LogP contribution in [-0.4, -0.2) is 50.3 Å². The van der Waals surface area contributed by atoms with E-state index in [4.69, 9.17) is 4.74 Å². The van der Waals surface area contributed by atoms with Gasteiger partial charge in [0.1, 0.15) is 6.10 Å².